The van der Waals surface area contributed by atoms with E-state index in [9.17, 15) is 23.2 Å². The minimum atomic E-state index is -0.826. The zero-order valence-electron chi connectivity index (χ0n) is 17.7. The van der Waals surface area contributed by atoms with Gasteiger partial charge in [-0.2, -0.15) is 9.78 Å². The maximum atomic E-state index is 14.6. The lowest BCUT2D eigenvalue weighted by Crippen LogP contribution is -2.44. The number of nitrogens with one attached hydrogen (secondary N) is 2. The molecule has 8 nitrogen and oxygen atoms in total. The Bertz CT molecular complexity index is 1330. The molecule has 0 radical (unpaired) electrons. The summed E-state index contributed by atoms with van der Waals surface area (Å²) in [6, 6.07) is 9.33. The molecule has 2 heterocycles. The Morgan fingerprint density at radius 2 is 1.85 bits per heavy atom. The van der Waals surface area contributed by atoms with E-state index in [1.807, 2.05) is 0 Å². The number of amides is 3. The first kappa shape index (κ1) is 21.9. The van der Waals surface area contributed by atoms with Crippen LogP contribution in [0.4, 0.5) is 19.3 Å². The highest BCUT2D eigenvalue weighted by molar-refractivity contribution is 6.06. The third-order valence-electron chi connectivity index (χ3n) is 5.18. The smallest absolute Gasteiger partial charge is 0.321 e. The summed E-state index contributed by atoms with van der Waals surface area (Å²) in [4.78, 5) is 38.7. The summed E-state index contributed by atoms with van der Waals surface area (Å²) in [7, 11) is 1.48. The van der Waals surface area contributed by atoms with Gasteiger partial charge < -0.3 is 15.5 Å². The number of carbonyl (C=O) groups is 2. The van der Waals surface area contributed by atoms with Crippen molar-refractivity contribution in [1.82, 2.24) is 20.0 Å². The van der Waals surface area contributed by atoms with Crippen molar-refractivity contribution in [3.63, 3.8) is 0 Å². The van der Waals surface area contributed by atoms with E-state index in [-0.39, 0.29) is 16.9 Å². The van der Waals surface area contributed by atoms with Gasteiger partial charge in [0, 0.05) is 31.2 Å². The molecule has 33 heavy (non-hydrogen) atoms. The quantitative estimate of drug-likeness (QED) is 0.637. The van der Waals surface area contributed by atoms with E-state index in [0.717, 1.165) is 4.68 Å². The zero-order chi connectivity index (χ0) is 23.7. The molecule has 1 aromatic heterocycles. The molecule has 0 fully saturated rings. The number of aryl methyl sites for hydroxylation is 1. The molecular formula is C23H19F2N5O3. The van der Waals surface area contributed by atoms with Crippen LogP contribution in [0, 0.1) is 18.6 Å². The highest BCUT2D eigenvalue weighted by atomic mass is 19.1. The maximum absolute atomic E-state index is 14.6. The first-order valence-electron chi connectivity index (χ1n) is 9.91. The Kier molecular flexibility index (Phi) is 5.74. The number of aromatic nitrogens is 2. The van der Waals surface area contributed by atoms with Crippen molar-refractivity contribution < 1.29 is 18.4 Å². The topological polar surface area (TPSA) is 96.3 Å². The molecule has 0 bridgehead atoms. The maximum Gasteiger partial charge on any atom is 0.321 e. The molecule has 1 aliphatic rings. The van der Waals surface area contributed by atoms with Crippen molar-refractivity contribution in [3.05, 3.63) is 99.6 Å². The van der Waals surface area contributed by atoms with Crippen LogP contribution in [-0.4, -0.2) is 33.7 Å². The average molecular weight is 451 g/mol. The number of rotatable bonds is 4. The summed E-state index contributed by atoms with van der Waals surface area (Å²) in [6.45, 7) is 1.60. The molecule has 168 valence electrons. The molecule has 10 heteroatoms. The molecule has 2 N–H and O–H groups in total. The predicted molar refractivity (Wildman–Crippen MR) is 117 cm³/mol. The largest absolute Gasteiger partial charge is 0.327 e. The van der Waals surface area contributed by atoms with Crippen molar-refractivity contribution in [2.45, 2.75) is 13.0 Å². The molecular weight excluding hydrogens is 432 g/mol. The minimum absolute atomic E-state index is 0.125. The third-order valence-corrected chi connectivity index (χ3v) is 5.18. The highest BCUT2D eigenvalue weighted by Gasteiger charge is 2.31. The van der Waals surface area contributed by atoms with Crippen LogP contribution in [0.2, 0.25) is 0 Å². The predicted octanol–water partition coefficient (Wildman–Crippen LogP) is 3.04. The summed E-state index contributed by atoms with van der Waals surface area (Å²) in [5.41, 5.74) is 0.709. The van der Waals surface area contributed by atoms with Gasteiger partial charge in [0.25, 0.3) is 11.5 Å². The van der Waals surface area contributed by atoms with E-state index < -0.39 is 35.2 Å². The summed E-state index contributed by atoms with van der Waals surface area (Å²) >= 11 is 0. The molecule has 3 aromatic rings. The first-order chi connectivity index (χ1) is 15.7. The van der Waals surface area contributed by atoms with Crippen LogP contribution in [0.3, 0.4) is 0 Å². The second-order valence-electron chi connectivity index (χ2n) is 7.48. The Morgan fingerprint density at radius 1 is 1.12 bits per heavy atom. The van der Waals surface area contributed by atoms with Gasteiger partial charge >= 0.3 is 6.03 Å². The Balaban J connectivity index is 1.70. The van der Waals surface area contributed by atoms with Crippen LogP contribution in [0.25, 0.3) is 5.69 Å². The van der Waals surface area contributed by atoms with E-state index in [0.29, 0.717) is 11.1 Å². The van der Waals surface area contributed by atoms with E-state index in [4.69, 9.17) is 0 Å². The fraction of sp³-hybridized carbons (Fsp3) is 0.130. The van der Waals surface area contributed by atoms with Crippen molar-refractivity contribution in [2.24, 2.45) is 0 Å². The number of urea groups is 1. The molecule has 0 spiro atoms. The minimum Gasteiger partial charge on any atom is -0.327 e. The van der Waals surface area contributed by atoms with E-state index in [1.54, 1.807) is 6.92 Å². The molecule has 0 saturated heterocycles. The summed E-state index contributed by atoms with van der Waals surface area (Å²) in [5, 5.41) is 9.30. The van der Waals surface area contributed by atoms with Gasteiger partial charge in [-0.3, -0.25) is 9.59 Å². The van der Waals surface area contributed by atoms with Crippen LogP contribution in [0.15, 0.2) is 71.3 Å². The van der Waals surface area contributed by atoms with Gasteiger partial charge in [0.05, 0.1) is 11.6 Å². The second kappa shape index (κ2) is 8.65. The number of hydrogen-bond donors (Lipinski definition) is 2. The first-order valence-corrected chi connectivity index (χ1v) is 9.91. The van der Waals surface area contributed by atoms with Gasteiger partial charge in [-0.15, -0.1) is 0 Å². The lowest BCUT2D eigenvalue weighted by molar-refractivity contribution is -0.113. The lowest BCUT2D eigenvalue weighted by atomic mass is 9.97. The molecule has 0 aliphatic carbocycles. The van der Waals surface area contributed by atoms with Crippen molar-refractivity contribution in [3.8, 4) is 5.69 Å². The van der Waals surface area contributed by atoms with Gasteiger partial charge in [0.2, 0.25) is 0 Å². The van der Waals surface area contributed by atoms with Crippen molar-refractivity contribution in [2.75, 3.05) is 12.4 Å². The lowest BCUT2D eigenvalue weighted by Gasteiger charge is -2.30. The van der Waals surface area contributed by atoms with Crippen molar-refractivity contribution in [1.29, 1.82) is 0 Å². The van der Waals surface area contributed by atoms with E-state index in [2.05, 4.69) is 15.7 Å². The van der Waals surface area contributed by atoms with E-state index in [1.165, 1.54) is 72.9 Å². The van der Waals surface area contributed by atoms with Crippen LogP contribution >= 0.6 is 0 Å². The Morgan fingerprint density at radius 3 is 2.55 bits per heavy atom. The molecule has 3 amide bonds. The SMILES string of the molecule is Cc1cc(F)c(-n2ncccc2=O)cc1NC(=O)C1=CN(C)C(=O)NC1c1ccc(F)cc1. The molecule has 2 aromatic carbocycles. The molecule has 1 atom stereocenters. The number of carbonyl (C=O) groups excluding carboxylic acids is 2. The fourth-order valence-corrected chi connectivity index (χ4v) is 3.44. The standard InChI is InChI=1S/C23H19F2N5O3/c1-13-10-17(25)19(30-20(31)4-3-9-26-30)11-18(13)27-22(32)16-12-29(2)23(33)28-21(16)14-5-7-15(24)8-6-14/h3-12,21H,1-2H3,(H,27,32)(H,28,33). The Hall–Kier alpha value is -4.34. The third kappa shape index (κ3) is 4.36. The fourth-order valence-electron chi connectivity index (χ4n) is 3.44. The van der Waals surface area contributed by atoms with Crippen LogP contribution < -0.4 is 16.2 Å². The van der Waals surface area contributed by atoms with Crippen LogP contribution in [-0.2, 0) is 4.79 Å². The van der Waals surface area contributed by atoms with Crippen LogP contribution in [0.1, 0.15) is 17.2 Å². The summed E-state index contributed by atoms with van der Waals surface area (Å²) < 4.78 is 28.8. The Labute approximate surface area is 187 Å². The average Bonchev–Trinajstić information content (AvgIpc) is 2.78. The monoisotopic (exact) mass is 451 g/mol. The highest BCUT2D eigenvalue weighted by Crippen LogP contribution is 2.28. The molecule has 4 rings (SSSR count). The van der Waals surface area contributed by atoms with Gasteiger partial charge in [0.15, 0.2) is 0 Å². The van der Waals surface area contributed by atoms with Gasteiger partial charge in [-0.25, -0.2) is 13.6 Å². The molecule has 1 unspecified atom stereocenters. The van der Waals surface area contributed by atoms with E-state index >= 15 is 0 Å². The number of anilines is 1. The molecule has 1 aliphatic heterocycles. The second-order valence-corrected chi connectivity index (χ2v) is 7.48. The summed E-state index contributed by atoms with van der Waals surface area (Å²) in [6.07, 6.45) is 2.73. The van der Waals surface area contributed by atoms with Crippen molar-refractivity contribution >= 4 is 17.6 Å². The van der Waals surface area contributed by atoms with Crippen LogP contribution in [0.5, 0.6) is 0 Å². The number of halogens is 2. The van der Waals surface area contributed by atoms with Gasteiger partial charge in [-0.1, -0.05) is 12.1 Å². The van der Waals surface area contributed by atoms with Gasteiger partial charge in [0.1, 0.15) is 17.3 Å². The normalized spacial score (nSPS) is 15.6. The number of nitrogens with zero attached hydrogens (tertiary/aromatic N) is 3. The zero-order valence-corrected chi connectivity index (χ0v) is 17.7. The number of benzene rings is 2. The number of hydrogen-bond acceptors (Lipinski definition) is 4. The van der Waals surface area contributed by atoms with Gasteiger partial charge in [-0.05, 0) is 48.4 Å². The summed E-state index contributed by atoms with van der Waals surface area (Å²) in [5.74, 6) is -1.70. The molecule has 0 saturated carbocycles.